The Hall–Kier alpha value is -3.00. The number of carbonyl (C=O) groups excluding carboxylic acids is 3. The van der Waals surface area contributed by atoms with Crippen molar-refractivity contribution in [1.29, 1.82) is 0 Å². The van der Waals surface area contributed by atoms with Gasteiger partial charge in [0.25, 0.3) is 5.91 Å². The summed E-state index contributed by atoms with van der Waals surface area (Å²) in [6.07, 6.45) is 4.98. The zero-order valence-electron chi connectivity index (χ0n) is 19.1. The average molecular weight is 470 g/mol. The third-order valence-corrected chi connectivity index (χ3v) is 6.24. The van der Waals surface area contributed by atoms with Gasteiger partial charge in [-0.05, 0) is 61.1 Å². The van der Waals surface area contributed by atoms with Crippen LogP contribution in [0, 0.1) is 0 Å². The molecule has 1 aliphatic rings. The molecule has 0 aromatic heterocycles. The molecule has 2 aromatic carbocycles. The molecule has 1 fully saturated rings. The summed E-state index contributed by atoms with van der Waals surface area (Å²) in [5.74, 6) is 0.740. The Morgan fingerprint density at radius 1 is 1.15 bits per heavy atom. The van der Waals surface area contributed by atoms with Crippen LogP contribution in [0.1, 0.15) is 41.6 Å². The molecule has 7 nitrogen and oxygen atoms in total. The van der Waals surface area contributed by atoms with Gasteiger partial charge in [-0.25, -0.2) is 0 Å². The molecule has 176 valence electrons. The van der Waals surface area contributed by atoms with E-state index in [2.05, 4.69) is 10.6 Å². The highest BCUT2D eigenvalue weighted by atomic mass is 32.2. The number of hydrogen-bond acceptors (Lipinski definition) is 5. The second-order valence-corrected chi connectivity index (χ2v) is 8.88. The Bertz CT molecular complexity index is 982. The Kier molecular flexibility index (Phi) is 9.18. The van der Waals surface area contributed by atoms with Gasteiger partial charge in [-0.3, -0.25) is 14.4 Å². The van der Waals surface area contributed by atoms with Crippen LogP contribution >= 0.6 is 11.8 Å². The maximum absolute atomic E-state index is 13.0. The summed E-state index contributed by atoms with van der Waals surface area (Å²) < 4.78 is 5.27. The number of methoxy groups -OCH3 is 1. The molecule has 3 amide bonds. The number of piperidine rings is 1. The van der Waals surface area contributed by atoms with Crippen molar-refractivity contribution in [2.45, 2.75) is 38.3 Å². The lowest BCUT2D eigenvalue weighted by Crippen LogP contribution is -2.47. The van der Waals surface area contributed by atoms with Crippen molar-refractivity contribution in [3.8, 4) is 5.75 Å². The van der Waals surface area contributed by atoms with E-state index in [0.29, 0.717) is 30.7 Å². The largest absolute Gasteiger partial charge is 0.496 e. The molecule has 1 unspecified atom stereocenters. The lowest BCUT2D eigenvalue weighted by molar-refractivity contribution is -0.123. The van der Waals surface area contributed by atoms with Gasteiger partial charge in [0, 0.05) is 25.2 Å². The van der Waals surface area contributed by atoms with Crippen molar-refractivity contribution in [3.05, 3.63) is 59.7 Å². The molecule has 0 bridgehead atoms. The predicted molar refractivity (Wildman–Crippen MR) is 132 cm³/mol. The van der Waals surface area contributed by atoms with Gasteiger partial charge in [-0.1, -0.05) is 24.3 Å². The number of para-hydroxylation sites is 1. The first kappa shape index (κ1) is 24.6. The minimum absolute atomic E-state index is 0.138. The molecule has 3 rings (SSSR count). The van der Waals surface area contributed by atoms with Crippen molar-refractivity contribution >= 4 is 35.2 Å². The van der Waals surface area contributed by atoms with Crippen LogP contribution in [0.25, 0.3) is 0 Å². The highest BCUT2D eigenvalue weighted by Gasteiger charge is 2.23. The topological polar surface area (TPSA) is 87.7 Å². The molecule has 0 spiro atoms. The molecule has 8 heteroatoms. The number of rotatable bonds is 10. The van der Waals surface area contributed by atoms with Crippen LogP contribution in [0.2, 0.25) is 0 Å². The molecule has 0 saturated carbocycles. The first-order chi connectivity index (χ1) is 16.0. The first-order valence-electron chi connectivity index (χ1n) is 11.1. The number of amides is 3. The highest BCUT2D eigenvalue weighted by Crippen LogP contribution is 2.22. The van der Waals surface area contributed by atoms with Crippen molar-refractivity contribution < 1.29 is 19.1 Å². The van der Waals surface area contributed by atoms with E-state index in [0.717, 1.165) is 36.4 Å². The second-order valence-electron chi connectivity index (χ2n) is 7.90. The summed E-state index contributed by atoms with van der Waals surface area (Å²) >= 11 is 1.62. The highest BCUT2D eigenvalue weighted by molar-refractivity contribution is 7.98. The van der Waals surface area contributed by atoms with E-state index >= 15 is 0 Å². The number of nitrogens with zero attached hydrogens (tertiary/aromatic N) is 1. The number of nitrogens with one attached hydrogen (secondary N) is 2. The third kappa shape index (κ3) is 6.74. The fourth-order valence-electron chi connectivity index (χ4n) is 3.80. The summed E-state index contributed by atoms with van der Waals surface area (Å²) in [7, 11) is 1.51. The Morgan fingerprint density at radius 2 is 1.97 bits per heavy atom. The lowest BCUT2D eigenvalue weighted by Gasteiger charge is -2.27. The quantitative estimate of drug-likeness (QED) is 0.557. The minimum atomic E-state index is -0.665. The van der Waals surface area contributed by atoms with Crippen LogP contribution in [0.15, 0.2) is 48.5 Å². The normalized spacial score (nSPS) is 14.5. The van der Waals surface area contributed by atoms with Crippen LogP contribution in [-0.2, 0) is 16.1 Å². The molecule has 1 heterocycles. The van der Waals surface area contributed by atoms with Crippen molar-refractivity contribution in [1.82, 2.24) is 10.6 Å². The van der Waals surface area contributed by atoms with E-state index < -0.39 is 6.04 Å². The van der Waals surface area contributed by atoms with Crippen LogP contribution in [-0.4, -0.2) is 49.4 Å². The summed E-state index contributed by atoms with van der Waals surface area (Å²) in [4.78, 5) is 39.8. The molecule has 33 heavy (non-hydrogen) atoms. The summed E-state index contributed by atoms with van der Waals surface area (Å²) in [5, 5.41) is 5.79. The number of hydrogen-bond donors (Lipinski definition) is 2. The van der Waals surface area contributed by atoms with Gasteiger partial charge in [0.2, 0.25) is 11.8 Å². The predicted octanol–water partition coefficient (Wildman–Crippen LogP) is 3.38. The van der Waals surface area contributed by atoms with Crippen molar-refractivity contribution in [3.63, 3.8) is 0 Å². The van der Waals surface area contributed by atoms with Crippen LogP contribution < -0.4 is 20.3 Å². The smallest absolute Gasteiger partial charge is 0.255 e. The summed E-state index contributed by atoms with van der Waals surface area (Å²) in [5.41, 5.74) is 2.15. The molecule has 0 radical (unpaired) electrons. The number of ether oxygens (including phenoxy) is 1. The van der Waals surface area contributed by atoms with Gasteiger partial charge in [0.1, 0.15) is 11.8 Å². The lowest BCUT2D eigenvalue weighted by atomic mass is 10.1. The Morgan fingerprint density at radius 3 is 2.73 bits per heavy atom. The summed E-state index contributed by atoms with van der Waals surface area (Å²) in [6, 6.07) is 13.9. The van der Waals surface area contributed by atoms with Crippen LogP contribution in [0.4, 0.5) is 5.69 Å². The first-order valence-corrected chi connectivity index (χ1v) is 12.5. The number of benzene rings is 2. The minimum Gasteiger partial charge on any atom is -0.496 e. The van der Waals surface area contributed by atoms with Gasteiger partial charge in [-0.2, -0.15) is 11.8 Å². The second kappa shape index (κ2) is 12.3. The standard InChI is InChI=1S/C25H31N3O4S/c1-32-22-11-4-3-10-20(22)24(30)27-21(13-15-33-2)25(31)26-17-18-8-7-9-19(16-18)28-14-6-5-12-23(28)29/h3-4,7-11,16,21H,5-6,12-15,17H2,1-2H3,(H,26,31)(H,27,30). The van der Waals surface area contributed by atoms with Gasteiger partial charge in [0.05, 0.1) is 12.7 Å². The van der Waals surface area contributed by atoms with Gasteiger partial charge in [0.15, 0.2) is 0 Å². The molecule has 2 N–H and O–H groups in total. The summed E-state index contributed by atoms with van der Waals surface area (Å²) in [6.45, 7) is 1.04. The molecule has 0 aliphatic carbocycles. The average Bonchev–Trinajstić information content (AvgIpc) is 2.85. The van der Waals surface area contributed by atoms with Gasteiger partial charge in [-0.15, -0.1) is 0 Å². The maximum Gasteiger partial charge on any atom is 0.255 e. The number of anilines is 1. The van der Waals surface area contributed by atoms with Gasteiger partial charge < -0.3 is 20.3 Å². The number of thioether (sulfide) groups is 1. The fourth-order valence-corrected chi connectivity index (χ4v) is 4.27. The van der Waals surface area contributed by atoms with E-state index in [-0.39, 0.29) is 17.7 Å². The van der Waals surface area contributed by atoms with Crippen LogP contribution in [0.3, 0.4) is 0 Å². The van der Waals surface area contributed by atoms with Crippen LogP contribution in [0.5, 0.6) is 5.75 Å². The SMILES string of the molecule is COc1ccccc1C(=O)NC(CCSC)C(=O)NCc1cccc(N2CCCCC2=O)c1. The Labute approximate surface area is 199 Å². The van der Waals surface area contributed by atoms with E-state index in [4.69, 9.17) is 4.74 Å². The molecule has 2 aromatic rings. The number of carbonyl (C=O) groups is 3. The molecule has 1 atom stereocenters. The Balaban J connectivity index is 1.65. The van der Waals surface area contributed by atoms with E-state index in [1.807, 2.05) is 35.4 Å². The van der Waals surface area contributed by atoms with Crippen molar-refractivity contribution in [2.75, 3.05) is 30.6 Å². The third-order valence-electron chi connectivity index (χ3n) is 5.60. The fraction of sp³-hybridized carbons (Fsp3) is 0.400. The van der Waals surface area contributed by atoms with Gasteiger partial charge >= 0.3 is 0 Å². The van der Waals surface area contributed by atoms with Crippen molar-refractivity contribution in [2.24, 2.45) is 0 Å². The molecular formula is C25H31N3O4S. The molecule has 1 aliphatic heterocycles. The molecular weight excluding hydrogens is 438 g/mol. The van der Waals surface area contributed by atoms with E-state index in [1.54, 1.807) is 36.0 Å². The maximum atomic E-state index is 13.0. The zero-order chi connectivity index (χ0) is 23.6. The molecule has 1 saturated heterocycles. The zero-order valence-corrected chi connectivity index (χ0v) is 20.0. The van der Waals surface area contributed by atoms with E-state index in [1.165, 1.54) is 7.11 Å². The monoisotopic (exact) mass is 469 g/mol. The van der Waals surface area contributed by atoms with E-state index in [9.17, 15) is 14.4 Å².